The van der Waals surface area contributed by atoms with Gasteiger partial charge in [0, 0.05) is 17.4 Å². The number of hydrogen-bond acceptors (Lipinski definition) is 5. The van der Waals surface area contributed by atoms with Gasteiger partial charge in [0.15, 0.2) is 0 Å². The lowest BCUT2D eigenvalue weighted by molar-refractivity contribution is -0.116. The molecule has 1 aromatic carbocycles. The second-order valence-corrected chi connectivity index (χ2v) is 6.09. The first kappa shape index (κ1) is 16.0. The lowest BCUT2D eigenvalue weighted by atomic mass is 10.1. The van der Waals surface area contributed by atoms with Gasteiger partial charge in [0.05, 0.1) is 12.8 Å². The maximum Gasteiger partial charge on any atom is 0.274 e. The number of aryl methyl sites for hydroxylation is 1. The molecule has 0 saturated heterocycles. The second-order valence-electron chi connectivity index (χ2n) is 6.09. The average Bonchev–Trinajstić information content (AvgIpc) is 3.16. The zero-order valence-electron chi connectivity index (χ0n) is 14.0. The van der Waals surface area contributed by atoms with Crippen LogP contribution in [0.4, 0.5) is 11.6 Å². The standard InChI is InChI=1S/C17H16N6O3/c1-2-11-8-15(26)23-17(18-11)21-16(22-23)20-13(24)6-9-3-4-10-7-14(25)19-12(10)5-9/h3-5,8H,2,6-7H2,1H3,(H,19,25)(H2,18,20,21,22,24). The molecule has 0 aliphatic carbocycles. The van der Waals surface area contributed by atoms with Crippen LogP contribution in [0.3, 0.4) is 0 Å². The number of nitrogens with zero attached hydrogens (tertiary/aromatic N) is 3. The smallest absolute Gasteiger partial charge is 0.274 e. The number of H-pyrrole nitrogens is 1. The van der Waals surface area contributed by atoms with Crippen molar-refractivity contribution in [1.29, 1.82) is 0 Å². The molecule has 0 spiro atoms. The van der Waals surface area contributed by atoms with Crippen molar-refractivity contribution >= 4 is 29.2 Å². The number of carbonyl (C=O) groups is 2. The monoisotopic (exact) mass is 352 g/mol. The largest absolute Gasteiger partial charge is 0.326 e. The Morgan fingerprint density at radius 1 is 1.27 bits per heavy atom. The van der Waals surface area contributed by atoms with E-state index in [0.29, 0.717) is 18.5 Å². The third-order valence-electron chi connectivity index (χ3n) is 4.17. The minimum absolute atomic E-state index is 0.0479. The quantitative estimate of drug-likeness (QED) is 0.637. The molecule has 4 rings (SSSR count). The molecule has 9 nitrogen and oxygen atoms in total. The van der Waals surface area contributed by atoms with Crippen LogP contribution in [0.5, 0.6) is 0 Å². The van der Waals surface area contributed by atoms with Gasteiger partial charge in [0.2, 0.25) is 17.8 Å². The van der Waals surface area contributed by atoms with E-state index in [1.807, 2.05) is 19.1 Å². The highest BCUT2D eigenvalue weighted by Crippen LogP contribution is 2.24. The van der Waals surface area contributed by atoms with Crippen LogP contribution in [0.15, 0.2) is 29.1 Å². The Kier molecular flexibility index (Phi) is 3.76. The predicted octanol–water partition coefficient (Wildman–Crippen LogP) is 0.656. The first-order chi connectivity index (χ1) is 12.5. The summed E-state index contributed by atoms with van der Waals surface area (Å²) in [6.07, 6.45) is 1.10. The molecule has 0 unspecified atom stereocenters. The molecule has 0 saturated carbocycles. The van der Waals surface area contributed by atoms with Crippen LogP contribution in [-0.2, 0) is 28.9 Å². The Balaban J connectivity index is 1.51. The SMILES string of the molecule is CCc1cc(=O)n2[nH]c(NC(=O)Cc3ccc4c(c3)NC(=O)C4)nc2n1. The van der Waals surface area contributed by atoms with Crippen molar-refractivity contribution < 1.29 is 9.59 Å². The van der Waals surface area contributed by atoms with Crippen molar-refractivity contribution in [2.75, 3.05) is 10.6 Å². The fourth-order valence-electron chi connectivity index (χ4n) is 2.90. The van der Waals surface area contributed by atoms with E-state index < -0.39 is 0 Å². The number of benzene rings is 1. The molecule has 2 aromatic heterocycles. The van der Waals surface area contributed by atoms with E-state index >= 15 is 0 Å². The first-order valence-electron chi connectivity index (χ1n) is 8.22. The zero-order chi connectivity index (χ0) is 18.3. The predicted molar refractivity (Wildman–Crippen MR) is 94.1 cm³/mol. The Morgan fingerprint density at radius 3 is 2.92 bits per heavy atom. The summed E-state index contributed by atoms with van der Waals surface area (Å²) in [7, 11) is 0. The summed E-state index contributed by atoms with van der Waals surface area (Å²) in [6, 6.07) is 6.87. The molecule has 1 aliphatic heterocycles. The Hall–Kier alpha value is -3.49. The van der Waals surface area contributed by atoms with Gasteiger partial charge in [-0.2, -0.15) is 9.50 Å². The number of rotatable bonds is 4. The third-order valence-corrected chi connectivity index (χ3v) is 4.17. The average molecular weight is 352 g/mol. The van der Waals surface area contributed by atoms with Gasteiger partial charge >= 0.3 is 0 Å². The number of amides is 2. The van der Waals surface area contributed by atoms with Crippen molar-refractivity contribution in [3.05, 3.63) is 51.4 Å². The van der Waals surface area contributed by atoms with Crippen molar-refractivity contribution in [2.45, 2.75) is 26.2 Å². The molecular weight excluding hydrogens is 336 g/mol. The summed E-state index contributed by atoms with van der Waals surface area (Å²) in [5, 5.41) is 8.11. The number of carbonyl (C=O) groups excluding carboxylic acids is 2. The fourth-order valence-corrected chi connectivity index (χ4v) is 2.90. The molecule has 0 fully saturated rings. The number of fused-ring (bicyclic) bond motifs is 2. The van der Waals surface area contributed by atoms with Crippen LogP contribution < -0.4 is 16.2 Å². The number of aromatic amines is 1. The van der Waals surface area contributed by atoms with Crippen molar-refractivity contribution in [1.82, 2.24) is 19.6 Å². The Labute approximate surface area is 147 Å². The molecule has 3 heterocycles. The summed E-state index contributed by atoms with van der Waals surface area (Å²) < 4.78 is 1.18. The minimum atomic E-state index is -0.294. The third kappa shape index (κ3) is 2.94. The molecule has 3 aromatic rings. The molecule has 9 heteroatoms. The Morgan fingerprint density at radius 2 is 2.12 bits per heavy atom. The summed E-state index contributed by atoms with van der Waals surface area (Å²) in [5.41, 5.74) is 2.79. The molecule has 132 valence electrons. The van der Waals surface area contributed by atoms with E-state index in [-0.39, 0.29) is 35.5 Å². The summed E-state index contributed by atoms with van der Waals surface area (Å²) >= 11 is 0. The van der Waals surface area contributed by atoms with E-state index in [1.165, 1.54) is 10.6 Å². The van der Waals surface area contributed by atoms with Gasteiger partial charge in [0.1, 0.15) is 0 Å². The summed E-state index contributed by atoms with van der Waals surface area (Å²) in [4.78, 5) is 44.0. The first-order valence-corrected chi connectivity index (χ1v) is 8.22. The topological polar surface area (TPSA) is 121 Å². The number of anilines is 2. The summed E-state index contributed by atoms with van der Waals surface area (Å²) in [5.74, 6) is 0.0255. The maximum atomic E-state index is 12.3. The lowest BCUT2D eigenvalue weighted by Crippen LogP contribution is -2.17. The minimum Gasteiger partial charge on any atom is -0.326 e. The highest BCUT2D eigenvalue weighted by atomic mass is 16.2. The van der Waals surface area contributed by atoms with Crippen LogP contribution in [0, 0.1) is 0 Å². The molecule has 3 N–H and O–H groups in total. The van der Waals surface area contributed by atoms with Gasteiger partial charge in [-0.1, -0.05) is 19.1 Å². The summed E-state index contributed by atoms with van der Waals surface area (Å²) in [6.45, 7) is 1.90. The molecule has 1 aliphatic rings. The molecule has 0 bridgehead atoms. The number of hydrogen-bond donors (Lipinski definition) is 3. The van der Waals surface area contributed by atoms with E-state index in [2.05, 4.69) is 25.7 Å². The highest BCUT2D eigenvalue weighted by molar-refractivity contribution is 5.99. The van der Waals surface area contributed by atoms with Gasteiger partial charge in [-0.25, -0.2) is 4.98 Å². The second kappa shape index (κ2) is 6.10. The normalized spacial score (nSPS) is 12.9. The fraction of sp³-hybridized carbons (Fsp3) is 0.235. The van der Waals surface area contributed by atoms with E-state index in [1.54, 1.807) is 6.07 Å². The van der Waals surface area contributed by atoms with E-state index in [0.717, 1.165) is 16.8 Å². The number of aromatic nitrogens is 4. The highest BCUT2D eigenvalue weighted by Gasteiger charge is 2.18. The van der Waals surface area contributed by atoms with Gasteiger partial charge in [-0.3, -0.25) is 24.8 Å². The molecule has 0 atom stereocenters. The van der Waals surface area contributed by atoms with Crippen LogP contribution in [0.1, 0.15) is 23.7 Å². The van der Waals surface area contributed by atoms with Crippen LogP contribution >= 0.6 is 0 Å². The molecule has 26 heavy (non-hydrogen) atoms. The Bertz CT molecular complexity index is 1100. The van der Waals surface area contributed by atoms with Crippen molar-refractivity contribution in [3.8, 4) is 0 Å². The van der Waals surface area contributed by atoms with Crippen molar-refractivity contribution in [2.24, 2.45) is 0 Å². The van der Waals surface area contributed by atoms with Gasteiger partial charge in [-0.05, 0) is 23.6 Å². The zero-order valence-corrected chi connectivity index (χ0v) is 14.0. The number of nitrogens with one attached hydrogen (secondary N) is 3. The molecular formula is C17H16N6O3. The van der Waals surface area contributed by atoms with Crippen LogP contribution in [0.25, 0.3) is 5.78 Å². The van der Waals surface area contributed by atoms with E-state index in [9.17, 15) is 14.4 Å². The van der Waals surface area contributed by atoms with E-state index in [4.69, 9.17) is 0 Å². The lowest BCUT2D eigenvalue weighted by Gasteiger charge is -2.04. The van der Waals surface area contributed by atoms with Gasteiger partial charge < -0.3 is 5.32 Å². The molecule has 2 amide bonds. The van der Waals surface area contributed by atoms with Crippen molar-refractivity contribution in [3.63, 3.8) is 0 Å². The van der Waals surface area contributed by atoms with Gasteiger partial charge in [0.25, 0.3) is 11.3 Å². The van der Waals surface area contributed by atoms with Gasteiger partial charge in [-0.15, -0.1) is 0 Å². The molecule has 0 radical (unpaired) electrons. The maximum absolute atomic E-state index is 12.3. The van der Waals surface area contributed by atoms with Crippen LogP contribution in [-0.4, -0.2) is 31.4 Å². The van der Waals surface area contributed by atoms with Crippen LogP contribution in [0.2, 0.25) is 0 Å².